The van der Waals surface area contributed by atoms with Crippen LogP contribution in [0.5, 0.6) is 0 Å². The monoisotopic (exact) mass is 246 g/mol. The highest BCUT2D eigenvalue weighted by Crippen LogP contribution is 2.30. The Morgan fingerprint density at radius 3 is 1.44 bits per heavy atom. The van der Waals surface area contributed by atoms with Crippen molar-refractivity contribution in [1.29, 1.82) is 0 Å². The van der Waals surface area contributed by atoms with Crippen LogP contribution in [0.1, 0.15) is 73.9 Å². The van der Waals surface area contributed by atoms with Crippen LogP contribution in [0.25, 0.3) is 0 Å². The summed E-state index contributed by atoms with van der Waals surface area (Å²) < 4.78 is 0. The molecule has 0 amide bonds. The second kappa shape index (κ2) is 6.97. The van der Waals surface area contributed by atoms with Crippen molar-refractivity contribution in [2.75, 3.05) is 0 Å². The Kier molecular flexibility index (Phi) is 5.91. The first-order valence-corrected chi connectivity index (χ1v) is 7.74. The fourth-order valence-corrected chi connectivity index (χ4v) is 3.32. The quantitative estimate of drug-likeness (QED) is 0.636. The second-order valence-electron chi connectivity index (χ2n) is 5.37. The van der Waals surface area contributed by atoms with E-state index in [1.54, 1.807) is 33.4 Å². The van der Waals surface area contributed by atoms with Crippen molar-refractivity contribution in [3.8, 4) is 0 Å². The van der Waals surface area contributed by atoms with E-state index in [4.69, 9.17) is 0 Å². The van der Waals surface area contributed by atoms with Crippen molar-refractivity contribution < 1.29 is 0 Å². The van der Waals surface area contributed by atoms with Crippen LogP contribution in [0.4, 0.5) is 0 Å². The molecular formula is C18H30. The summed E-state index contributed by atoms with van der Waals surface area (Å²) in [6.07, 6.45) is 7.39. The van der Waals surface area contributed by atoms with Gasteiger partial charge in [0, 0.05) is 0 Å². The van der Waals surface area contributed by atoms with Crippen molar-refractivity contribution in [2.45, 2.75) is 80.1 Å². The third-order valence-electron chi connectivity index (χ3n) is 4.27. The molecule has 18 heavy (non-hydrogen) atoms. The Hall–Kier alpha value is -0.780. The van der Waals surface area contributed by atoms with Gasteiger partial charge < -0.3 is 0 Å². The van der Waals surface area contributed by atoms with Gasteiger partial charge in [-0.15, -0.1) is 0 Å². The molecule has 0 radical (unpaired) electrons. The molecule has 0 N–H and O–H groups in total. The predicted molar refractivity (Wildman–Crippen MR) is 82.7 cm³/mol. The molecule has 0 nitrogen and oxygen atoms in total. The van der Waals surface area contributed by atoms with E-state index >= 15 is 0 Å². The van der Waals surface area contributed by atoms with Crippen LogP contribution in [-0.2, 0) is 25.7 Å². The van der Waals surface area contributed by atoms with Crippen LogP contribution < -0.4 is 0 Å². The van der Waals surface area contributed by atoms with Crippen LogP contribution in [0.15, 0.2) is 0 Å². The SMILES string of the molecule is CCCc1c(C)c(C)c(CC)c(CC)c1CCC. The highest BCUT2D eigenvalue weighted by atomic mass is 14.2. The third-order valence-corrected chi connectivity index (χ3v) is 4.27. The van der Waals surface area contributed by atoms with E-state index in [0.29, 0.717) is 0 Å². The number of rotatable bonds is 6. The van der Waals surface area contributed by atoms with E-state index in [1.165, 1.54) is 38.5 Å². The highest BCUT2D eigenvalue weighted by Gasteiger charge is 2.16. The minimum atomic E-state index is 1.18. The first kappa shape index (κ1) is 15.3. The topological polar surface area (TPSA) is 0 Å². The summed E-state index contributed by atoms with van der Waals surface area (Å²) in [4.78, 5) is 0. The Bertz CT molecular complexity index is 399. The molecule has 0 bridgehead atoms. The zero-order valence-electron chi connectivity index (χ0n) is 13.2. The largest absolute Gasteiger partial charge is 0.0651 e. The van der Waals surface area contributed by atoms with Crippen molar-refractivity contribution in [3.63, 3.8) is 0 Å². The van der Waals surface area contributed by atoms with Gasteiger partial charge in [-0.25, -0.2) is 0 Å². The predicted octanol–water partition coefficient (Wildman–Crippen LogP) is 5.33. The van der Waals surface area contributed by atoms with Gasteiger partial charge in [0.2, 0.25) is 0 Å². The normalized spacial score (nSPS) is 11.0. The van der Waals surface area contributed by atoms with E-state index in [2.05, 4.69) is 41.5 Å². The fraction of sp³-hybridized carbons (Fsp3) is 0.667. The summed E-state index contributed by atoms with van der Waals surface area (Å²) in [6, 6.07) is 0. The summed E-state index contributed by atoms with van der Waals surface area (Å²) in [5, 5.41) is 0. The van der Waals surface area contributed by atoms with Gasteiger partial charge in [-0.2, -0.15) is 0 Å². The Morgan fingerprint density at radius 2 is 1.00 bits per heavy atom. The molecule has 102 valence electrons. The van der Waals surface area contributed by atoms with E-state index in [0.717, 1.165) is 0 Å². The highest BCUT2D eigenvalue weighted by molar-refractivity contribution is 5.51. The molecular weight excluding hydrogens is 216 g/mol. The standard InChI is InChI=1S/C18H30/c1-7-11-17-14(6)13(5)15(9-3)16(10-4)18(17)12-8-2/h7-12H2,1-6H3. The molecule has 0 spiro atoms. The van der Waals surface area contributed by atoms with Crippen LogP contribution in [0.3, 0.4) is 0 Å². The lowest BCUT2D eigenvalue weighted by atomic mass is 9.82. The van der Waals surface area contributed by atoms with Gasteiger partial charge >= 0.3 is 0 Å². The van der Waals surface area contributed by atoms with Gasteiger partial charge in [0.25, 0.3) is 0 Å². The van der Waals surface area contributed by atoms with Crippen LogP contribution >= 0.6 is 0 Å². The van der Waals surface area contributed by atoms with Gasteiger partial charge in [0.1, 0.15) is 0 Å². The molecule has 0 aliphatic carbocycles. The summed E-state index contributed by atoms with van der Waals surface area (Å²) >= 11 is 0. The molecule has 0 heterocycles. The van der Waals surface area contributed by atoms with E-state index in [1.807, 2.05) is 0 Å². The lowest BCUT2D eigenvalue weighted by molar-refractivity contribution is 0.824. The smallest absolute Gasteiger partial charge is 0.0276 e. The molecule has 1 aromatic carbocycles. The van der Waals surface area contributed by atoms with Crippen molar-refractivity contribution in [3.05, 3.63) is 33.4 Å². The molecule has 0 fully saturated rings. The van der Waals surface area contributed by atoms with Gasteiger partial charge in [-0.05, 0) is 72.9 Å². The molecule has 0 unspecified atom stereocenters. The minimum absolute atomic E-state index is 1.18. The summed E-state index contributed by atoms with van der Waals surface area (Å²) in [6.45, 7) is 13.9. The molecule has 0 atom stereocenters. The maximum Gasteiger partial charge on any atom is -0.0276 e. The molecule has 1 rings (SSSR count). The van der Waals surface area contributed by atoms with Gasteiger partial charge in [-0.3, -0.25) is 0 Å². The second-order valence-corrected chi connectivity index (χ2v) is 5.37. The van der Waals surface area contributed by atoms with Crippen LogP contribution in [0.2, 0.25) is 0 Å². The Morgan fingerprint density at radius 1 is 0.556 bits per heavy atom. The lowest BCUT2D eigenvalue weighted by Gasteiger charge is -2.23. The van der Waals surface area contributed by atoms with E-state index < -0.39 is 0 Å². The zero-order valence-corrected chi connectivity index (χ0v) is 13.2. The Balaban J connectivity index is 3.53. The molecule has 0 aliphatic rings. The molecule has 0 saturated carbocycles. The molecule has 0 saturated heterocycles. The van der Waals surface area contributed by atoms with Crippen molar-refractivity contribution >= 4 is 0 Å². The average molecular weight is 246 g/mol. The summed E-state index contributed by atoms with van der Waals surface area (Å²) in [7, 11) is 0. The number of hydrogen-bond donors (Lipinski definition) is 0. The van der Waals surface area contributed by atoms with E-state index in [-0.39, 0.29) is 0 Å². The van der Waals surface area contributed by atoms with Gasteiger partial charge in [0.05, 0.1) is 0 Å². The number of benzene rings is 1. The van der Waals surface area contributed by atoms with Crippen LogP contribution in [-0.4, -0.2) is 0 Å². The molecule has 1 aromatic rings. The Labute approximate surface area is 114 Å². The maximum atomic E-state index is 2.33. The molecule has 0 aromatic heterocycles. The average Bonchev–Trinajstić information content (AvgIpc) is 2.37. The van der Waals surface area contributed by atoms with Gasteiger partial charge in [-0.1, -0.05) is 40.5 Å². The third kappa shape index (κ3) is 2.79. The summed E-state index contributed by atoms with van der Waals surface area (Å²) in [5.74, 6) is 0. The molecule has 0 aliphatic heterocycles. The lowest BCUT2D eigenvalue weighted by Crippen LogP contribution is -2.09. The first-order valence-electron chi connectivity index (χ1n) is 7.74. The van der Waals surface area contributed by atoms with Crippen molar-refractivity contribution in [1.82, 2.24) is 0 Å². The van der Waals surface area contributed by atoms with E-state index in [9.17, 15) is 0 Å². The molecule has 0 heteroatoms. The summed E-state index contributed by atoms with van der Waals surface area (Å²) in [5.41, 5.74) is 9.74. The maximum absolute atomic E-state index is 2.33. The van der Waals surface area contributed by atoms with Crippen LogP contribution in [0, 0.1) is 13.8 Å². The van der Waals surface area contributed by atoms with Crippen molar-refractivity contribution in [2.24, 2.45) is 0 Å². The zero-order chi connectivity index (χ0) is 13.7. The number of hydrogen-bond acceptors (Lipinski definition) is 0. The first-order chi connectivity index (χ1) is 8.62. The fourth-order valence-electron chi connectivity index (χ4n) is 3.32. The van der Waals surface area contributed by atoms with Gasteiger partial charge in [0.15, 0.2) is 0 Å². The minimum Gasteiger partial charge on any atom is -0.0651 e.